The van der Waals surface area contributed by atoms with Gasteiger partial charge in [0.1, 0.15) is 5.78 Å². The molecule has 1 aliphatic carbocycles. The lowest BCUT2D eigenvalue weighted by atomic mass is 9.80. The standard InChI is InChI=1S/C12H18O2/c1-9(13)3-4-11-5-7-12(8-6-11)10(2)14/h3-4,11-12H,5-8H2,1-2H3/b4-3+. The summed E-state index contributed by atoms with van der Waals surface area (Å²) < 4.78 is 0. The van der Waals surface area contributed by atoms with Crippen LogP contribution < -0.4 is 0 Å². The Morgan fingerprint density at radius 2 is 1.64 bits per heavy atom. The Morgan fingerprint density at radius 1 is 1.07 bits per heavy atom. The summed E-state index contributed by atoms with van der Waals surface area (Å²) in [4.78, 5) is 21.8. The predicted octanol–water partition coefficient (Wildman–Crippen LogP) is 2.53. The third kappa shape index (κ3) is 3.44. The van der Waals surface area contributed by atoms with Gasteiger partial charge in [0.05, 0.1) is 0 Å². The Balaban J connectivity index is 2.36. The van der Waals surface area contributed by atoms with Crippen LogP contribution >= 0.6 is 0 Å². The molecule has 0 aromatic rings. The van der Waals surface area contributed by atoms with Gasteiger partial charge in [0, 0.05) is 5.92 Å². The van der Waals surface area contributed by atoms with E-state index in [2.05, 4.69) is 0 Å². The van der Waals surface area contributed by atoms with Crippen molar-refractivity contribution in [2.75, 3.05) is 0 Å². The Morgan fingerprint density at radius 3 is 2.07 bits per heavy atom. The van der Waals surface area contributed by atoms with Crippen molar-refractivity contribution in [1.29, 1.82) is 0 Å². The molecule has 0 aliphatic heterocycles. The molecule has 0 heterocycles. The second kappa shape index (κ2) is 5.08. The molecule has 0 amide bonds. The van der Waals surface area contributed by atoms with Crippen LogP contribution in [0.5, 0.6) is 0 Å². The summed E-state index contributed by atoms with van der Waals surface area (Å²) in [7, 11) is 0. The van der Waals surface area contributed by atoms with E-state index in [0.717, 1.165) is 25.7 Å². The highest BCUT2D eigenvalue weighted by Crippen LogP contribution is 2.29. The molecule has 0 N–H and O–H groups in total. The third-order valence-corrected chi connectivity index (χ3v) is 2.95. The van der Waals surface area contributed by atoms with Crippen molar-refractivity contribution in [1.82, 2.24) is 0 Å². The van der Waals surface area contributed by atoms with Crippen LogP contribution in [0.4, 0.5) is 0 Å². The highest BCUT2D eigenvalue weighted by Gasteiger charge is 2.22. The molecule has 1 fully saturated rings. The van der Waals surface area contributed by atoms with Gasteiger partial charge < -0.3 is 0 Å². The zero-order chi connectivity index (χ0) is 10.6. The molecule has 0 bridgehead atoms. The summed E-state index contributed by atoms with van der Waals surface area (Å²) in [6.45, 7) is 3.24. The van der Waals surface area contributed by atoms with Crippen molar-refractivity contribution in [2.24, 2.45) is 11.8 Å². The van der Waals surface area contributed by atoms with E-state index in [-0.39, 0.29) is 11.7 Å². The van der Waals surface area contributed by atoms with E-state index >= 15 is 0 Å². The lowest BCUT2D eigenvalue weighted by Gasteiger charge is -2.24. The summed E-state index contributed by atoms with van der Waals surface area (Å²) in [5.41, 5.74) is 0. The van der Waals surface area contributed by atoms with Crippen LogP contribution in [0.15, 0.2) is 12.2 Å². The van der Waals surface area contributed by atoms with Gasteiger partial charge in [-0.2, -0.15) is 0 Å². The van der Waals surface area contributed by atoms with Crippen LogP contribution in [0.25, 0.3) is 0 Å². The number of carbonyl (C=O) groups is 2. The zero-order valence-corrected chi connectivity index (χ0v) is 8.95. The largest absolute Gasteiger partial charge is 0.300 e. The maximum absolute atomic E-state index is 11.1. The second-order valence-electron chi connectivity index (χ2n) is 4.19. The molecule has 1 saturated carbocycles. The highest BCUT2D eigenvalue weighted by molar-refractivity contribution is 5.87. The van der Waals surface area contributed by atoms with E-state index < -0.39 is 0 Å². The van der Waals surface area contributed by atoms with Gasteiger partial charge >= 0.3 is 0 Å². The minimum Gasteiger partial charge on any atom is -0.300 e. The van der Waals surface area contributed by atoms with Crippen LogP contribution in [0, 0.1) is 11.8 Å². The first-order valence-corrected chi connectivity index (χ1v) is 5.29. The molecule has 2 heteroatoms. The minimum absolute atomic E-state index is 0.110. The number of rotatable bonds is 3. The van der Waals surface area contributed by atoms with E-state index in [1.165, 1.54) is 0 Å². The van der Waals surface area contributed by atoms with Crippen LogP contribution in [0.3, 0.4) is 0 Å². The van der Waals surface area contributed by atoms with Crippen molar-refractivity contribution < 1.29 is 9.59 Å². The molecule has 78 valence electrons. The first kappa shape index (κ1) is 11.2. The van der Waals surface area contributed by atoms with E-state index in [0.29, 0.717) is 11.7 Å². The number of carbonyl (C=O) groups excluding carboxylic acids is 2. The number of hydrogen-bond donors (Lipinski definition) is 0. The maximum Gasteiger partial charge on any atom is 0.152 e. The van der Waals surface area contributed by atoms with Gasteiger partial charge in [0.25, 0.3) is 0 Å². The summed E-state index contributed by atoms with van der Waals surface area (Å²) >= 11 is 0. The molecule has 1 rings (SSSR count). The summed E-state index contributed by atoms with van der Waals surface area (Å²) in [5, 5.41) is 0. The quantitative estimate of drug-likeness (QED) is 0.647. The van der Waals surface area contributed by atoms with Gasteiger partial charge in [-0.05, 0) is 51.5 Å². The highest BCUT2D eigenvalue weighted by atomic mass is 16.1. The zero-order valence-electron chi connectivity index (χ0n) is 8.95. The smallest absolute Gasteiger partial charge is 0.152 e. The van der Waals surface area contributed by atoms with Crippen molar-refractivity contribution in [3.63, 3.8) is 0 Å². The Hall–Kier alpha value is -0.920. The van der Waals surface area contributed by atoms with Crippen LogP contribution in [-0.2, 0) is 9.59 Å². The first-order chi connectivity index (χ1) is 6.59. The molecule has 14 heavy (non-hydrogen) atoms. The molecule has 2 nitrogen and oxygen atoms in total. The SMILES string of the molecule is CC(=O)/C=C/C1CCC(C(C)=O)CC1. The molecule has 1 aliphatic rings. The van der Waals surface area contributed by atoms with Crippen LogP contribution in [-0.4, -0.2) is 11.6 Å². The average Bonchev–Trinajstić information content (AvgIpc) is 2.15. The molecule has 0 unspecified atom stereocenters. The topological polar surface area (TPSA) is 34.1 Å². The molecule has 0 aromatic carbocycles. The van der Waals surface area contributed by atoms with Gasteiger partial charge in [-0.15, -0.1) is 0 Å². The fourth-order valence-corrected chi connectivity index (χ4v) is 1.99. The lowest BCUT2D eigenvalue weighted by Crippen LogP contribution is -2.18. The summed E-state index contributed by atoms with van der Waals surface area (Å²) in [6.07, 6.45) is 7.73. The van der Waals surface area contributed by atoms with Crippen LogP contribution in [0.2, 0.25) is 0 Å². The van der Waals surface area contributed by atoms with Crippen molar-refractivity contribution in [3.05, 3.63) is 12.2 Å². The molecular weight excluding hydrogens is 176 g/mol. The van der Waals surface area contributed by atoms with E-state index in [1.54, 1.807) is 19.9 Å². The first-order valence-electron chi connectivity index (χ1n) is 5.29. The van der Waals surface area contributed by atoms with E-state index in [9.17, 15) is 9.59 Å². The van der Waals surface area contributed by atoms with Crippen molar-refractivity contribution in [3.8, 4) is 0 Å². The normalized spacial score (nSPS) is 27.9. The minimum atomic E-state index is 0.110. The Labute approximate surface area is 85.4 Å². The van der Waals surface area contributed by atoms with Gasteiger partial charge in [-0.25, -0.2) is 0 Å². The monoisotopic (exact) mass is 194 g/mol. The van der Waals surface area contributed by atoms with Gasteiger partial charge in [0.15, 0.2) is 5.78 Å². The maximum atomic E-state index is 11.1. The number of hydrogen-bond acceptors (Lipinski definition) is 2. The van der Waals surface area contributed by atoms with Gasteiger partial charge in [-0.1, -0.05) is 6.08 Å². The van der Waals surface area contributed by atoms with Crippen molar-refractivity contribution >= 4 is 11.6 Å². The molecule has 0 saturated heterocycles. The Bertz CT molecular complexity index is 245. The average molecular weight is 194 g/mol. The fourth-order valence-electron chi connectivity index (χ4n) is 1.99. The van der Waals surface area contributed by atoms with E-state index in [4.69, 9.17) is 0 Å². The van der Waals surface area contributed by atoms with Gasteiger partial charge in [0.2, 0.25) is 0 Å². The van der Waals surface area contributed by atoms with Crippen molar-refractivity contribution in [2.45, 2.75) is 39.5 Å². The summed E-state index contributed by atoms with van der Waals surface area (Å²) in [5.74, 6) is 1.21. The van der Waals surface area contributed by atoms with E-state index in [1.807, 2.05) is 6.08 Å². The molecule has 0 spiro atoms. The summed E-state index contributed by atoms with van der Waals surface area (Å²) in [6, 6.07) is 0. The number of Topliss-reactive ketones (excluding diaryl/α,β-unsaturated/α-hetero) is 1. The number of ketones is 2. The third-order valence-electron chi connectivity index (χ3n) is 2.95. The molecule has 0 atom stereocenters. The molecular formula is C12H18O2. The number of allylic oxidation sites excluding steroid dienone is 2. The molecule has 0 aromatic heterocycles. The van der Waals surface area contributed by atoms with Gasteiger partial charge in [-0.3, -0.25) is 9.59 Å². The molecule has 0 radical (unpaired) electrons. The second-order valence-corrected chi connectivity index (χ2v) is 4.19. The fraction of sp³-hybridized carbons (Fsp3) is 0.667. The Kier molecular flexibility index (Phi) is 4.05. The predicted molar refractivity (Wildman–Crippen MR) is 56.0 cm³/mol. The van der Waals surface area contributed by atoms with Crippen LogP contribution in [0.1, 0.15) is 39.5 Å². The lowest BCUT2D eigenvalue weighted by molar-refractivity contribution is -0.121.